The van der Waals surface area contributed by atoms with Crippen LogP contribution >= 0.6 is 7.14 Å². The molecule has 0 saturated heterocycles. The van der Waals surface area contributed by atoms with Crippen LogP contribution in [0.2, 0.25) is 0 Å². The highest BCUT2D eigenvalue weighted by Crippen LogP contribution is 2.61. The Labute approximate surface area is 199 Å². The zero-order chi connectivity index (χ0) is 24.6. The van der Waals surface area contributed by atoms with E-state index in [9.17, 15) is 14.2 Å². The highest BCUT2D eigenvalue weighted by molar-refractivity contribution is 7.96. The molecule has 3 nitrogen and oxygen atoms in total. The smallest absolute Gasteiger partial charge is 0.229 e. The topological polar surface area (TPSA) is 51.2 Å². The predicted octanol–water partition coefficient (Wildman–Crippen LogP) is 8.01. The van der Waals surface area contributed by atoms with Crippen LogP contribution in [-0.2, 0) is 22.8 Å². The van der Waals surface area contributed by atoms with E-state index < -0.39 is 18.2 Å². The molecule has 0 radical (unpaired) electrons. The van der Waals surface area contributed by atoms with Crippen LogP contribution in [0.15, 0.2) is 30.3 Å². The van der Waals surface area contributed by atoms with Crippen molar-refractivity contribution in [2.75, 3.05) is 0 Å². The van der Waals surface area contributed by atoms with Gasteiger partial charge in [-0.2, -0.15) is 0 Å². The number of hydrogen-bond acceptors (Lipinski definition) is 3. The van der Waals surface area contributed by atoms with Crippen LogP contribution in [0.4, 0.5) is 0 Å². The fourth-order valence-corrected chi connectivity index (χ4v) is 8.52. The van der Waals surface area contributed by atoms with Gasteiger partial charge in [0.25, 0.3) is 0 Å². The maximum Gasteiger partial charge on any atom is 0.229 e. The number of hydrogen-bond donors (Lipinski definition) is 0. The van der Waals surface area contributed by atoms with Gasteiger partial charge >= 0.3 is 0 Å². The molecule has 1 fully saturated rings. The minimum Gasteiger partial charge on any atom is -0.306 e. The molecule has 3 rings (SSSR count). The van der Waals surface area contributed by atoms with Gasteiger partial charge in [-0.15, -0.1) is 0 Å². The Morgan fingerprint density at radius 1 is 0.879 bits per heavy atom. The van der Waals surface area contributed by atoms with Gasteiger partial charge < -0.3 is 4.57 Å². The molecule has 4 heteroatoms. The van der Waals surface area contributed by atoms with Gasteiger partial charge in [0.05, 0.1) is 0 Å². The Hall–Kier alpha value is -1.99. The summed E-state index contributed by atoms with van der Waals surface area (Å²) in [6, 6.07) is 9.88. The van der Waals surface area contributed by atoms with Gasteiger partial charge in [-0.25, -0.2) is 0 Å². The lowest BCUT2D eigenvalue weighted by Crippen LogP contribution is -2.23. The van der Waals surface area contributed by atoms with Gasteiger partial charge in [-0.1, -0.05) is 77.8 Å². The summed E-state index contributed by atoms with van der Waals surface area (Å²) in [5, 5.41) is 0. The Morgan fingerprint density at radius 2 is 1.33 bits per heavy atom. The third-order valence-electron chi connectivity index (χ3n) is 7.27. The molecule has 0 aliphatic heterocycles. The molecule has 1 saturated carbocycles. The van der Waals surface area contributed by atoms with Crippen LogP contribution in [0.3, 0.4) is 0 Å². The van der Waals surface area contributed by atoms with Crippen molar-refractivity contribution in [1.82, 2.24) is 0 Å². The van der Waals surface area contributed by atoms with E-state index in [1.807, 2.05) is 58.0 Å². The lowest BCUT2D eigenvalue weighted by Gasteiger charge is -2.27. The molecule has 0 N–H and O–H groups in total. The van der Waals surface area contributed by atoms with Crippen molar-refractivity contribution in [2.24, 2.45) is 0 Å². The van der Waals surface area contributed by atoms with E-state index >= 15 is 0 Å². The van der Waals surface area contributed by atoms with Crippen LogP contribution in [0.1, 0.15) is 109 Å². The van der Waals surface area contributed by atoms with Crippen LogP contribution in [0.5, 0.6) is 0 Å². The molecule has 0 amide bonds. The first-order chi connectivity index (χ1) is 15.5. The minimum absolute atomic E-state index is 0.0574. The van der Waals surface area contributed by atoms with E-state index in [2.05, 4.69) is 20.8 Å². The van der Waals surface area contributed by atoms with Crippen LogP contribution < -0.4 is 0 Å². The summed E-state index contributed by atoms with van der Waals surface area (Å²) in [4.78, 5) is 28.4. The zero-order valence-corrected chi connectivity index (χ0v) is 22.3. The van der Waals surface area contributed by atoms with E-state index in [1.165, 1.54) is 0 Å². The van der Waals surface area contributed by atoms with Crippen LogP contribution in [0.25, 0.3) is 0 Å². The quantitative estimate of drug-likeness (QED) is 0.388. The van der Waals surface area contributed by atoms with Crippen LogP contribution in [-0.4, -0.2) is 16.7 Å². The van der Waals surface area contributed by atoms with E-state index in [-0.39, 0.29) is 11.1 Å². The van der Waals surface area contributed by atoms with Crippen molar-refractivity contribution in [3.05, 3.63) is 69.3 Å². The second kappa shape index (κ2) is 9.71. The molecule has 1 aliphatic rings. The summed E-state index contributed by atoms with van der Waals surface area (Å²) in [6.07, 6.45) is 4.56. The number of carbonyl (C=O) groups excluding carboxylic acids is 2. The molecule has 1 aliphatic carbocycles. The van der Waals surface area contributed by atoms with Crippen molar-refractivity contribution in [3.8, 4) is 0 Å². The molecule has 0 heterocycles. The summed E-state index contributed by atoms with van der Waals surface area (Å²) in [5.41, 5.74) is 4.32. The molecule has 0 aromatic heterocycles. The Morgan fingerprint density at radius 3 is 1.76 bits per heavy atom. The van der Waals surface area contributed by atoms with Crippen molar-refractivity contribution in [2.45, 2.75) is 98.1 Å². The lowest BCUT2D eigenvalue weighted by molar-refractivity contribution is 0.103. The molecule has 2 aromatic carbocycles. The van der Waals surface area contributed by atoms with E-state index in [0.717, 1.165) is 40.7 Å². The Bertz CT molecular complexity index is 1070. The molecular weight excluding hydrogens is 427 g/mol. The monoisotopic (exact) mass is 466 g/mol. The first-order valence-corrected chi connectivity index (χ1v) is 14.2. The number of aryl methyl sites for hydroxylation is 4. The van der Waals surface area contributed by atoms with Gasteiger partial charge in [0.1, 0.15) is 0 Å². The zero-order valence-electron chi connectivity index (χ0n) is 21.4. The largest absolute Gasteiger partial charge is 0.306 e. The average molecular weight is 467 g/mol. The number of benzene rings is 2. The van der Waals surface area contributed by atoms with Crippen molar-refractivity contribution >= 4 is 18.2 Å². The highest BCUT2D eigenvalue weighted by atomic mass is 31.2. The first kappa shape index (κ1) is 25.6. The summed E-state index contributed by atoms with van der Waals surface area (Å²) < 4.78 is 14.8. The molecule has 0 bridgehead atoms. The third kappa shape index (κ3) is 4.67. The molecule has 0 spiro atoms. The second-order valence-electron chi connectivity index (χ2n) is 10.6. The first-order valence-electron chi connectivity index (χ1n) is 12.4. The predicted molar refractivity (Wildman–Crippen MR) is 138 cm³/mol. The highest BCUT2D eigenvalue weighted by Gasteiger charge is 2.49. The number of carbonyl (C=O) groups is 2. The minimum atomic E-state index is -3.86. The summed E-state index contributed by atoms with van der Waals surface area (Å²) in [6.45, 7) is 14.3. The van der Waals surface area contributed by atoms with Gasteiger partial charge in [0.15, 0.2) is 0 Å². The third-order valence-corrected chi connectivity index (χ3v) is 10.5. The van der Waals surface area contributed by atoms with Crippen molar-refractivity contribution < 1.29 is 14.2 Å². The molecule has 178 valence electrons. The Kier molecular flexibility index (Phi) is 7.54. The van der Waals surface area contributed by atoms with Gasteiger partial charge in [0.2, 0.25) is 18.2 Å². The van der Waals surface area contributed by atoms with Gasteiger partial charge in [-0.05, 0) is 72.8 Å². The fourth-order valence-electron chi connectivity index (χ4n) is 5.28. The molecule has 1 unspecified atom stereocenters. The van der Waals surface area contributed by atoms with Gasteiger partial charge in [0, 0.05) is 16.8 Å². The summed E-state index contributed by atoms with van der Waals surface area (Å²) in [7, 11) is -3.86. The molecule has 33 heavy (non-hydrogen) atoms. The number of rotatable bonds is 7. The summed E-state index contributed by atoms with van der Waals surface area (Å²) in [5.74, 6) is 0. The average Bonchev–Trinajstić information content (AvgIpc) is 3.31. The molecule has 1 atom stereocenters. The SMILES string of the molecule is CCc1cccc(CC)c1C(=O)P(=O)(C(=O)c1c(C)cc(C(C)(C)C)cc1C)C1CCCC1. The van der Waals surface area contributed by atoms with E-state index in [1.54, 1.807) is 0 Å². The molecule has 2 aromatic rings. The Balaban J connectivity index is 2.22. The van der Waals surface area contributed by atoms with E-state index in [4.69, 9.17) is 0 Å². The van der Waals surface area contributed by atoms with Gasteiger partial charge in [-0.3, -0.25) is 9.59 Å². The normalized spacial score (nSPS) is 16.6. The van der Waals surface area contributed by atoms with E-state index in [0.29, 0.717) is 36.8 Å². The van der Waals surface area contributed by atoms with Crippen molar-refractivity contribution in [1.29, 1.82) is 0 Å². The maximum atomic E-state index is 14.8. The summed E-state index contributed by atoms with van der Waals surface area (Å²) >= 11 is 0. The standard InChI is InChI=1S/C29H39O3P/c1-8-21-13-12-14-22(9-2)26(21)28(31)33(32,24-15-10-11-16-24)27(30)25-19(3)17-23(18-20(25)4)29(5,6)7/h12-14,17-18,24H,8-11,15-16H2,1-7H3. The lowest BCUT2D eigenvalue weighted by atomic mass is 9.84. The second-order valence-corrected chi connectivity index (χ2v) is 13.5. The molecular formula is C29H39O3P. The van der Waals surface area contributed by atoms with Crippen molar-refractivity contribution in [3.63, 3.8) is 0 Å². The maximum absolute atomic E-state index is 14.8. The fraction of sp³-hybridized carbons (Fsp3) is 0.517. The van der Waals surface area contributed by atoms with Crippen LogP contribution in [0, 0.1) is 13.8 Å².